The number of carbonyl (C=O) groups excluding carboxylic acids is 2. The van der Waals surface area contributed by atoms with E-state index in [-0.39, 0.29) is 11.9 Å². The molecule has 3 N–H and O–H groups in total. The molecule has 0 saturated heterocycles. The quantitative estimate of drug-likeness (QED) is 0.642. The maximum absolute atomic E-state index is 12.0. The van der Waals surface area contributed by atoms with E-state index < -0.39 is 0 Å². The number of hydrogen-bond donors (Lipinski definition) is 3. The van der Waals surface area contributed by atoms with E-state index in [0.29, 0.717) is 29.8 Å². The zero-order valence-electron chi connectivity index (χ0n) is 14.7. The molecule has 0 aromatic heterocycles. The number of carbonyl (C=O) groups is 2. The molecule has 1 unspecified atom stereocenters. The van der Waals surface area contributed by atoms with Crippen LogP contribution in [-0.2, 0) is 0 Å². The van der Waals surface area contributed by atoms with E-state index in [2.05, 4.69) is 29.8 Å². The van der Waals surface area contributed by atoms with Gasteiger partial charge in [0.15, 0.2) is 0 Å². The van der Waals surface area contributed by atoms with Crippen molar-refractivity contribution in [3.8, 4) is 0 Å². The summed E-state index contributed by atoms with van der Waals surface area (Å²) in [6.45, 7) is 5.04. The Labute approximate surface area is 144 Å². The van der Waals surface area contributed by atoms with Gasteiger partial charge in [0.05, 0.1) is 0 Å². The standard InChI is InChI=1S/C19H29N3O2/c1-3-5-6-14(4-2)13-20-19(24)22-17-9-7-15(8-10-17)18(23)21-16-11-12-16/h7-10,14,16H,3-6,11-13H2,1-2H3,(H,21,23)(H2,20,22,24). The van der Waals surface area contributed by atoms with Gasteiger partial charge in [-0.1, -0.05) is 33.1 Å². The summed E-state index contributed by atoms with van der Waals surface area (Å²) in [7, 11) is 0. The molecule has 0 spiro atoms. The van der Waals surface area contributed by atoms with Crippen molar-refractivity contribution in [2.24, 2.45) is 5.92 Å². The minimum Gasteiger partial charge on any atom is -0.349 e. The van der Waals surface area contributed by atoms with Crippen molar-refractivity contribution in [3.05, 3.63) is 29.8 Å². The summed E-state index contributed by atoms with van der Waals surface area (Å²) in [4.78, 5) is 23.9. The van der Waals surface area contributed by atoms with E-state index >= 15 is 0 Å². The van der Waals surface area contributed by atoms with E-state index in [1.807, 2.05) is 0 Å². The molecule has 0 heterocycles. The van der Waals surface area contributed by atoms with Crippen molar-refractivity contribution in [1.82, 2.24) is 10.6 Å². The van der Waals surface area contributed by atoms with Crippen LogP contribution in [0.4, 0.5) is 10.5 Å². The highest BCUT2D eigenvalue weighted by Gasteiger charge is 2.23. The first-order valence-electron chi connectivity index (χ1n) is 9.08. The maximum atomic E-state index is 12.0. The van der Waals surface area contributed by atoms with Crippen LogP contribution in [0.3, 0.4) is 0 Å². The molecule has 1 aromatic rings. The van der Waals surface area contributed by atoms with Crippen molar-refractivity contribution in [2.45, 2.75) is 58.4 Å². The fourth-order valence-corrected chi connectivity index (χ4v) is 2.56. The lowest BCUT2D eigenvalue weighted by atomic mass is 9.99. The molecule has 0 bridgehead atoms. The largest absolute Gasteiger partial charge is 0.349 e. The SMILES string of the molecule is CCCCC(CC)CNC(=O)Nc1ccc(C(=O)NC2CC2)cc1. The number of anilines is 1. The Morgan fingerprint density at radius 1 is 1.17 bits per heavy atom. The van der Waals surface area contributed by atoms with E-state index in [0.717, 1.165) is 25.7 Å². The number of hydrogen-bond acceptors (Lipinski definition) is 2. The normalized spacial score (nSPS) is 14.8. The molecule has 5 nitrogen and oxygen atoms in total. The van der Waals surface area contributed by atoms with Gasteiger partial charge in [-0.3, -0.25) is 4.79 Å². The molecule has 0 aliphatic heterocycles. The topological polar surface area (TPSA) is 70.2 Å². The summed E-state index contributed by atoms with van der Waals surface area (Å²) in [5.74, 6) is 0.486. The van der Waals surface area contributed by atoms with Gasteiger partial charge in [0.25, 0.3) is 5.91 Å². The molecule has 1 saturated carbocycles. The van der Waals surface area contributed by atoms with Gasteiger partial charge in [-0.05, 0) is 49.4 Å². The molecule has 1 aliphatic carbocycles. The van der Waals surface area contributed by atoms with Gasteiger partial charge in [0.2, 0.25) is 0 Å². The molecule has 1 fully saturated rings. The fourth-order valence-electron chi connectivity index (χ4n) is 2.56. The van der Waals surface area contributed by atoms with Crippen molar-refractivity contribution < 1.29 is 9.59 Å². The maximum Gasteiger partial charge on any atom is 0.319 e. The van der Waals surface area contributed by atoms with Crippen LogP contribution >= 0.6 is 0 Å². The summed E-state index contributed by atoms with van der Waals surface area (Å²) in [6, 6.07) is 7.15. The third-order valence-electron chi connectivity index (χ3n) is 4.41. The summed E-state index contributed by atoms with van der Waals surface area (Å²) in [5.41, 5.74) is 1.32. The smallest absolute Gasteiger partial charge is 0.319 e. The molecule has 3 amide bonds. The zero-order valence-corrected chi connectivity index (χ0v) is 14.7. The Kier molecular flexibility index (Phi) is 7.09. The van der Waals surface area contributed by atoms with Gasteiger partial charge in [0.1, 0.15) is 0 Å². The molecule has 1 atom stereocenters. The summed E-state index contributed by atoms with van der Waals surface area (Å²) in [5, 5.41) is 8.70. The van der Waals surface area contributed by atoms with Gasteiger partial charge >= 0.3 is 6.03 Å². The minimum atomic E-state index is -0.194. The Hall–Kier alpha value is -2.04. The predicted octanol–water partition coefficient (Wildman–Crippen LogP) is 3.92. The van der Waals surface area contributed by atoms with Gasteiger partial charge in [0, 0.05) is 23.8 Å². The second kappa shape index (κ2) is 9.30. The minimum absolute atomic E-state index is 0.0461. The Morgan fingerprint density at radius 3 is 2.46 bits per heavy atom. The zero-order chi connectivity index (χ0) is 17.4. The van der Waals surface area contributed by atoms with E-state index in [4.69, 9.17) is 0 Å². The van der Waals surface area contributed by atoms with Crippen LogP contribution in [-0.4, -0.2) is 24.5 Å². The van der Waals surface area contributed by atoms with Gasteiger partial charge in [-0.2, -0.15) is 0 Å². The third kappa shape index (κ3) is 6.22. The van der Waals surface area contributed by atoms with Crippen molar-refractivity contribution in [1.29, 1.82) is 0 Å². The highest BCUT2D eigenvalue weighted by Crippen LogP contribution is 2.19. The van der Waals surface area contributed by atoms with Crippen LogP contribution in [0.2, 0.25) is 0 Å². The van der Waals surface area contributed by atoms with Gasteiger partial charge in [-0.15, -0.1) is 0 Å². The Balaban J connectivity index is 1.75. The Bertz CT molecular complexity index is 538. The number of nitrogens with one attached hydrogen (secondary N) is 3. The lowest BCUT2D eigenvalue weighted by molar-refractivity contribution is 0.0951. The molecular formula is C19H29N3O2. The molecule has 1 aromatic carbocycles. The monoisotopic (exact) mass is 331 g/mol. The average molecular weight is 331 g/mol. The Morgan fingerprint density at radius 2 is 1.88 bits per heavy atom. The van der Waals surface area contributed by atoms with Crippen LogP contribution in [0.25, 0.3) is 0 Å². The molecule has 2 rings (SSSR count). The molecule has 0 radical (unpaired) electrons. The van der Waals surface area contributed by atoms with Crippen molar-refractivity contribution >= 4 is 17.6 Å². The first kappa shape index (κ1) is 18.3. The summed E-state index contributed by atoms with van der Waals surface area (Å²) in [6.07, 6.45) is 6.75. The number of urea groups is 1. The highest BCUT2D eigenvalue weighted by atomic mass is 16.2. The van der Waals surface area contributed by atoms with Crippen LogP contribution in [0.15, 0.2) is 24.3 Å². The van der Waals surface area contributed by atoms with E-state index in [1.165, 1.54) is 12.8 Å². The molecule has 1 aliphatic rings. The second-order valence-corrected chi connectivity index (χ2v) is 6.58. The predicted molar refractivity (Wildman–Crippen MR) is 97.3 cm³/mol. The van der Waals surface area contributed by atoms with Gasteiger partial charge in [-0.25, -0.2) is 4.79 Å². The highest BCUT2D eigenvalue weighted by molar-refractivity contribution is 5.95. The number of unbranched alkanes of at least 4 members (excludes halogenated alkanes) is 1. The molecule has 5 heteroatoms. The first-order chi connectivity index (χ1) is 11.6. The molecule has 132 valence electrons. The fraction of sp³-hybridized carbons (Fsp3) is 0.579. The second-order valence-electron chi connectivity index (χ2n) is 6.58. The van der Waals surface area contributed by atoms with Crippen molar-refractivity contribution in [3.63, 3.8) is 0 Å². The lowest BCUT2D eigenvalue weighted by Gasteiger charge is -2.15. The van der Waals surface area contributed by atoms with E-state index in [9.17, 15) is 9.59 Å². The van der Waals surface area contributed by atoms with E-state index in [1.54, 1.807) is 24.3 Å². The van der Waals surface area contributed by atoms with Crippen LogP contribution in [0.5, 0.6) is 0 Å². The van der Waals surface area contributed by atoms with Crippen LogP contribution in [0.1, 0.15) is 62.7 Å². The van der Waals surface area contributed by atoms with Crippen LogP contribution in [0, 0.1) is 5.92 Å². The number of rotatable bonds is 9. The third-order valence-corrected chi connectivity index (χ3v) is 4.41. The first-order valence-corrected chi connectivity index (χ1v) is 9.08. The molecular weight excluding hydrogens is 302 g/mol. The summed E-state index contributed by atoms with van der Waals surface area (Å²) < 4.78 is 0. The summed E-state index contributed by atoms with van der Waals surface area (Å²) >= 11 is 0. The van der Waals surface area contributed by atoms with Gasteiger partial charge < -0.3 is 16.0 Å². The molecule has 24 heavy (non-hydrogen) atoms. The number of benzene rings is 1. The van der Waals surface area contributed by atoms with Crippen molar-refractivity contribution in [2.75, 3.05) is 11.9 Å². The lowest BCUT2D eigenvalue weighted by Crippen LogP contribution is -2.33. The van der Waals surface area contributed by atoms with Crippen LogP contribution < -0.4 is 16.0 Å². The number of amides is 3. The average Bonchev–Trinajstić information content (AvgIpc) is 3.39.